The molecule has 3 nitrogen and oxygen atoms in total. The summed E-state index contributed by atoms with van der Waals surface area (Å²) >= 11 is 1.56. The van der Waals surface area contributed by atoms with Crippen LogP contribution < -0.4 is 5.32 Å². The van der Waals surface area contributed by atoms with Crippen molar-refractivity contribution >= 4 is 11.3 Å². The lowest BCUT2D eigenvalue weighted by molar-refractivity contribution is 0.174. The van der Waals surface area contributed by atoms with Crippen molar-refractivity contribution in [2.45, 2.75) is 19.6 Å². The van der Waals surface area contributed by atoms with Crippen molar-refractivity contribution in [1.82, 2.24) is 5.32 Å². The second kappa shape index (κ2) is 6.48. The van der Waals surface area contributed by atoms with E-state index < -0.39 is 6.10 Å². The summed E-state index contributed by atoms with van der Waals surface area (Å²) in [4.78, 5) is 1.10. The van der Waals surface area contributed by atoms with Crippen LogP contribution >= 0.6 is 11.3 Å². The molecule has 0 spiro atoms. The molecule has 2 rings (SSSR count). The largest absolute Gasteiger partial charge is 0.387 e. The molecule has 19 heavy (non-hydrogen) atoms. The minimum absolute atomic E-state index is 0.503. The van der Waals surface area contributed by atoms with Crippen LogP contribution in [0, 0.1) is 18.3 Å². The zero-order chi connectivity index (χ0) is 13.7. The third kappa shape index (κ3) is 3.90. The summed E-state index contributed by atoms with van der Waals surface area (Å²) in [5.41, 5.74) is 2.77. The molecule has 2 aromatic rings. The van der Waals surface area contributed by atoms with Crippen molar-refractivity contribution < 1.29 is 5.11 Å². The van der Waals surface area contributed by atoms with Gasteiger partial charge in [0, 0.05) is 23.3 Å². The molecule has 1 atom stereocenters. The molecule has 0 aliphatic carbocycles. The van der Waals surface area contributed by atoms with Gasteiger partial charge in [-0.05, 0) is 18.6 Å². The predicted octanol–water partition coefficient (Wildman–Crippen LogP) is 2.75. The Labute approximate surface area is 117 Å². The van der Waals surface area contributed by atoms with Crippen molar-refractivity contribution in [3.63, 3.8) is 0 Å². The Hall–Kier alpha value is -1.67. The third-order valence-electron chi connectivity index (χ3n) is 2.85. The van der Waals surface area contributed by atoms with Crippen molar-refractivity contribution in [2.24, 2.45) is 0 Å². The number of aliphatic hydroxyl groups excluding tert-OH is 1. The lowest BCUT2D eigenvalue weighted by Crippen LogP contribution is -2.20. The first kappa shape index (κ1) is 13.8. The van der Waals surface area contributed by atoms with Gasteiger partial charge >= 0.3 is 0 Å². The van der Waals surface area contributed by atoms with E-state index in [1.54, 1.807) is 11.3 Å². The fourth-order valence-electron chi connectivity index (χ4n) is 1.86. The summed E-state index contributed by atoms with van der Waals surface area (Å²) in [5.74, 6) is 0. The van der Waals surface area contributed by atoms with E-state index in [0.29, 0.717) is 18.7 Å². The maximum Gasteiger partial charge on any atom is 0.100 e. The van der Waals surface area contributed by atoms with Crippen LogP contribution in [0.5, 0.6) is 0 Å². The Kier molecular flexibility index (Phi) is 4.69. The number of nitriles is 1. The van der Waals surface area contributed by atoms with Crippen molar-refractivity contribution in [1.29, 1.82) is 5.26 Å². The van der Waals surface area contributed by atoms with E-state index in [4.69, 9.17) is 5.26 Å². The van der Waals surface area contributed by atoms with Gasteiger partial charge in [-0.3, -0.25) is 0 Å². The van der Waals surface area contributed by atoms with Gasteiger partial charge in [-0.2, -0.15) is 5.26 Å². The molecule has 0 bridgehead atoms. The van der Waals surface area contributed by atoms with E-state index in [1.807, 2.05) is 42.6 Å². The Bertz CT molecular complexity index is 586. The van der Waals surface area contributed by atoms with Gasteiger partial charge in [0.2, 0.25) is 0 Å². The first-order valence-corrected chi connectivity index (χ1v) is 7.00. The molecule has 0 aliphatic heterocycles. The lowest BCUT2D eigenvalue weighted by atomic mass is 10.1. The third-order valence-corrected chi connectivity index (χ3v) is 3.78. The molecular weight excluding hydrogens is 256 g/mol. The molecule has 98 valence electrons. The van der Waals surface area contributed by atoms with E-state index in [1.165, 1.54) is 0 Å². The van der Waals surface area contributed by atoms with Crippen LogP contribution in [-0.2, 0) is 6.54 Å². The highest BCUT2D eigenvalue weighted by Gasteiger charge is 2.07. The van der Waals surface area contributed by atoms with Gasteiger partial charge in [-0.15, -0.1) is 11.3 Å². The summed E-state index contributed by atoms with van der Waals surface area (Å²) in [5, 5.41) is 23.8. The molecule has 4 heteroatoms. The van der Waals surface area contributed by atoms with Gasteiger partial charge in [-0.1, -0.05) is 29.8 Å². The molecular formula is C15H16N2OS. The smallest absolute Gasteiger partial charge is 0.100 e. The minimum atomic E-state index is -0.504. The summed E-state index contributed by atoms with van der Waals surface area (Å²) in [6, 6.07) is 11.9. The Morgan fingerprint density at radius 2 is 2.26 bits per heavy atom. The van der Waals surface area contributed by atoms with E-state index in [9.17, 15) is 5.11 Å². The summed E-state index contributed by atoms with van der Waals surface area (Å²) in [6.45, 7) is 3.19. The molecule has 0 saturated heterocycles. The topological polar surface area (TPSA) is 56.0 Å². The summed E-state index contributed by atoms with van der Waals surface area (Å²) in [6.07, 6.45) is -0.504. The minimum Gasteiger partial charge on any atom is -0.387 e. The van der Waals surface area contributed by atoms with Gasteiger partial charge in [0.15, 0.2) is 0 Å². The number of rotatable bonds is 5. The zero-order valence-corrected chi connectivity index (χ0v) is 11.6. The molecule has 1 heterocycles. The van der Waals surface area contributed by atoms with E-state index in [-0.39, 0.29) is 0 Å². The standard InChI is InChI=1S/C15H16N2OS/c1-11-3-2-4-13(5-11)15(18)9-17-8-14-6-12(7-16)10-19-14/h2-6,10,15,17-18H,8-9H2,1H3. The van der Waals surface area contributed by atoms with Gasteiger partial charge in [0.25, 0.3) is 0 Å². The molecule has 0 fully saturated rings. The number of aryl methyl sites for hydroxylation is 1. The van der Waals surface area contributed by atoms with Crippen molar-refractivity contribution in [2.75, 3.05) is 6.54 Å². The number of aliphatic hydroxyl groups is 1. The number of thiophene rings is 1. The fourth-order valence-corrected chi connectivity index (χ4v) is 2.64. The molecule has 2 N–H and O–H groups in total. The summed E-state index contributed by atoms with van der Waals surface area (Å²) in [7, 11) is 0. The molecule has 1 unspecified atom stereocenters. The van der Waals surface area contributed by atoms with E-state index in [2.05, 4.69) is 11.4 Å². The first-order valence-electron chi connectivity index (χ1n) is 6.12. The second-order valence-corrected chi connectivity index (χ2v) is 5.47. The van der Waals surface area contributed by atoms with Crippen LogP contribution in [0.2, 0.25) is 0 Å². The Morgan fingerprint density at radius 3 is 2.95 bits per heavy atom. The van der Waals surface area contributed by atoms with Gasteiger partial charge in [0.1, 0.15) is 6.07 Å². The Balaban J connectivity index is 1.84. The monoisotopic (exact) mass is 272 g/mol. The normalized spacial score (nSPS) is 12.1. The molecule has 1 aromatic heterocycles. The maximum atomic E-state index is 10.1. The van der Waals surface area contributed by atoms with E-state index in [0.717, 1.165) is 16.0 Å². The summed E-state index contributed by atoms with van der Waals surface area (Å²) < 4.78 is 0. The lowest BCUT2D eigenvalue weighted by Gasteiger charge is -2.12. The molecule has 0 radical (unpaired) electrons. The first-order chi connectivity index (χ1) is 9.19. The highest BCUT2D eigenvalue weighted by atomic mass is 32.1. The quantitative estimate of drug-likeness (QED) is 0.880. The molecule has 0 saturated carbocycles. The van der Waals surface area contributed by atoms with Gasteiger partial charge in [-0.25, -0.2) is 0 Å². The van der Waals surface area contributed by atoms with Crippen LogP contribution in [0.15, 0.2) is 35.7 Å². The predicted molar refractivity (Wildman–Crippen MR) is 76.9 cm³/mol. The van der Waals surface area contributed by atoms with Crippen LogP contribution in [0.3, 0.4) is 0 Å². The molecule has 0 aliphatic rings. The molecule has 1 aromatic carbocycles. The second-order valence-electron chi connectivity index (χ2n) is 4.47. The average molecular weight is 272 g/mol. The number of benzene rings is 1. The van der Waals surface area contributed by atoms with Gasteiger partial charge < -0.3 is 10.4 Å². The highest BCUT2D eigenvalue weighted by molar-refractivity contribution is 7.10. The van der Waals surface area contributed by atoms with Crippen LogP contribution in [-0.4, -0.2) is 11.7 Å². The number of nitrogens with zero attached hydrogens (tertiary/aromatic N) is 1. The van der Waals surface area contributed by atoms with Crippen LogP contribution in [0.25, 0.3) is 0 Å². The van der Waals surface area contributed by atoms with Crippen molar-refractivity contribution in [3.05, 3.63) is 57.3 Å². The number of hydrogen-bond acceptors (Lipinski definition) is 4. The van der Waals surface area contributed by atoms with Crippen molar-refractivity contribution in [3.8, 4) is 6.07 Å². The van der Waals surface area contributed by atoms with Crippen LogP contribution in [0.1, 0.15) is 27.7 Å². The SMILES string of the molecule is Cc1cccc(C(O)CNCc2cc(C#N)cs2)c1. The van der Waals surface area contributed by atoms with Crippen LogP contribution in [0.4, 0.5) is 0 Å². The number of nitrogens with one attached hydrogen (secondary N) is 1. The zero-order valence-electron chi connectivity index (χ0n) is 10.8. The Morgan fingerprint density at radius 1 is 1.42 bits per heavy atom. The van der Waals surface area contributed by atoms with Gasteiger partial charge in [0.05, 0.1) is 11.7 Å². The number of hydrogen-bond donors (Lipinski definition) is 2. The highest BCUT2D eigenvalue weighted by Crippen LogP contribution is 2.15. The fraction of sp³-hybridized carbons (Fsp3) is 0.267. The molecule has 0 amide bonds. The van der Waals surface area contributed by atoms with E-state index >= 15 is 0 Å². The average Bonchev–Trinajstić information content (AvgIpc) is 2.86. The maximum absolute atomic E-state index is 10.1.